The Morgan fingerprint density at radius 3 is 2.96 bits per heavy atom. The summed E-state index contributed by atoms with van der Waals surface area (Å²) in [5, 5.41) is 9.61. The third-order valence-corrected chi connectivity index (χ3v) is 4.85. The first-order valence-electron chi connectivity index (χ1n) is 7.76. The van der Waals surface area contributed by atoms with Crippen LogP contribution in [0.25, 0.3) is 0 Å². The first-order valence-corrected chi connectivity index (χ1v) is 8.64. The average Bonchev–Trinajstić information content (AvgIpc) is 3.14. The molecule has 0 saturated carbocycles. The van der Waals surface area contributed by atoms with Gasteiger partial charge < -0.3 is 9.42 Å². The van der Waals surface area contributed by atoms with E-state index in [2.05, 4.69) is 25.3 Å². The Hall–Kier alpha value is -1.93. The molecule has 0 aromatic carbocycles. The van der Waals surface area contributed by atoms with Gasteiger partial charge in [-0.25, -0.2) is 4.98 Å². The molecule has 7 nitrogen and oxygen atoms in total. The Labute approximate surface area is 139 Å². The van der Waals surface area contributed by atoms with Gasteiger partial charge in [-0.05, 0) is 20.3 Å². The maximum Gasteiger partial charge on any atom is 0.243 e. The molecule has 2 aromatic heterocycles. The molecule has 0 aliphatic carbocycles. The van der Waals surface area contributed by atoms with Gasteiger partial charge in [-0.3, -0.25) is 15.0 Å². The van der Waals surface area contributed by atoms with E-state index >= 15 is 0 Å². The molecule has 23 heavy (non-hydrogen) atoms. The third kappa shape index (κ3) is 3.89. The average molecular weight is 335 g/mol. The summed E-state index contributed by atoms with van der Waals surface area (Å²) < 4.78 is 5.05. The zero-order valence-corrected chi connectivity index (χ0v) is 14.2. The topological polar surface area (TPSA) is 74.5 Å². The normalized spacial score (nSPS) is 17.7. The van der Waals surface area contributed by atoms with Gasteiger partial charge in [-0.1, -0.05) is 5.16 Å². The largest absolute Gasteiger partial charge is 0.347 e. The van der Waals surface area contributed by atoms with Gasteiger partial charge >= 0.3 is 0 Å². The molecule has 0 bridgehead atoms. The van der Waals surface area contributed by atoms with Crippen LogP contribution >= 0.6 is 11.3 Å². The highest BCUT2D eigenvalue weighted by molar-refractivity contribution is 7.13. The van der Waals surface area contributed by atoms with Crippen molar-refractivity contribution in [1.82, 2.24) is 15.0 Å². The van der Waals surface area contributed by atoms with Gasteiger partial charge in [0.25, 0.3) is 0 Å². The van der Waals surface area contributed by atoms with Crippen LogP contribution in [0, 0.1) is 6.92 Å². The van der Waals surface area contributed by atoms with Crippen LogP contribution in [0.5, 0.6) is 0 Å². The predicted molar refractivity (Wildman–Crippen MR) is 89.8 cm³/mol. The molecule has 1 saturated heterocycles. The molecule has 2 aromatic rings. The highest BCUT2D eigenvalue weighted by Crippen LogP contribution is 2.20. The standard InChI is InChI=1S/C15H21N5O2S/c1-11-10-13(22-18-11)17-14(21)12(2)19-5-3-6-20(8-7-19)15-16-4-9-23-15/h4,9-10,12H,3,5-8H2,1-2H3,(H,17,21)/t12-/m0/s1. The monoisotopic (exact) mass is 335 g/mol. The molecule has 1 atom stereocenters. The van der Waals surface area contributed by atoms with Crippen molar-refractivity contribution in [3.05, 3.63) is 23.3 Å². The van der Waals surface area contributed by atoms with E-state index < -0.39 is 0 Å². The lowest BCUT2D eigenvalue weighted by Gasteiger charge is -2.26. The van der Waals surface area contributed by atoms with Gasteiger partial charge in [0.05, 0.1) is 11.7 Å². The van der Waals surface area contributed by atoms with Crippen LogP contribution in [0.1, 0.15) is 19.0 Å². The van der Waals surface area contributed by atoms with Crippen LogP contribution in [0.15, 0.2) is 22.2 Å². The van der Waals surface area contributed by atoms with E-state index in [9.17, 15) is 4.79 Å². The number of aryl methyl sites for hydroxylation is 1. The SMILES string of the molecule is Cc1cc(NC(=O)[C@H](C)N2CCCN(c3nccs3)CC2)on1. The minimum absolute atomic E-state index is 0.0659. The molecular formula is C15H21N5O2S. The van der Waals surface area contributed by atoms with E-state index in [0.29, 0.717) is 5.88 Å². The second-order valence-corrected chi connectivity index (χ2v) is 6.56. The Morgan fingerprint density at radius 2 is 2.26 bits per heavy atom. The van der Waals surface area contributed by atoms with E-state index in [4.69, 9.17) is 4.52 Å². The Morgan fingerprint density at radius 1 is 1.39 bits per heavy atom. The van der Waals surface area contributed by atoms with Crippen molar-refractivity contribution in [2.24, 2.45) is 0 Å². The summed E-state index contributed by atoms with van der Waals surface area (Å²) in [6.45, 7) is 7.34. The van der Waals surface area contributed by atoms with Gasteiger partial charge in [-0.15, -0.1) is 11.3 Å². The zero-order chi connectivity index (χ0) is 16.2. The van der Waals surface area contributed by atoms with E-state index in [-0.39, 0.29) is 11.9 Å². The number of carbonyl (C=O) groups is 1. The fourth-order valence-electron chi connectivity index (χ4n) is 2.70. The Kier molecular flexibility index (Phi) is 4.92. The van der Waals surface area contributed by atoms with Gasteiger partial charge in [0.15, 0.2) is 5.13 Å². The summed E-state index contributed by atoms with van der Waals surface area (Å²) in [5.41, 5.74) is 0.752. The summed E-state index contributed by atoms with van der Waals surface area (Å²) in [4.78, 5) is 21.2. The Balaban J connectivity index is 1.57. The maximum absolute atomic E-state index is 12.4. The molecule has 3 rings (SSSR count). The lowest BCUT2D eigenvalue weighted by Crippen LogP contribution is -2.43. The third-order valence-electron chi connectivity index (χ3n) is 4.02. The molecule has 1 amide bonds. The van der Waals surface area contributed by atoms with Crippen molar-refractivity contribution in [3.8, 4) is 0 Å². The molecular weight excluding hydrogens is 314 g/mol. The van der Waals surface area contributed by atoms with Crippen molar-refractivity contribution in [2.75, 3.05) is 36.4 Å². The van der Waals surface area contributed by atoms with E-state index in [1.165, 1.54) is 0 Å². The highest BCUT2D eigenvalue weighted by Gasteiger charge is 2.25. The van der Waals surface area contributed by atoms with Gasteiger partial charge in [-0.2, -0.15) is 0 Å². The molecule has 0 radical (unpaired) electrons. The molecule has 8 heteroatoms. The summed E-state index contributed by atoms with van der Waals surface area (Å²) in [5.74, 6) is 0.336. The quantitative estimate of drug-likeness (QED) is 0.921. The van der Waals surface area contributed by atoms with Crippen LogP contribution in [-0.2, 0) is 4.79 Å². The molecule has 1 N–H and O–H groups in total. The number of hydrogen-bond donors (Lipinski definition) is 1. The zero-order valence-electron chi connectivity index (χ0n) is 13.4. The van der Waals surface area contributed by atoms with Gasteiger partial charge in [0.2, 0.25) is 11.8 Å². The number of hydrogen-bond acceptors (Lipinski definition) is 7. The van der Waals surface area contributed by atoms with Crippen molar-refractivity contribution in [3.63, 3.8) is 0 Å². The first kappa shape index (κ1) is 15.9. The van der Waals surface area contributed by atoms with Crippen LogP contribution in [0.2, 0.25) is 0 Å². The second-order valence-electron chi connectivity index (χ2n) is 5.69. The van der Waals surface area contributed by atoms with Crippen molar-refractivity contribution in [2.45, 2.75) is 26.3 Å². The van der Waals surface area contributed by atoms with E-state index in [0.717, 1.165) is 43.4 Å². The number of carbonyl (C=O) groups excluding carboxylic acids is 1. The van der Waals surface area contributed by atoms with Gasteiger partial charge in [0.1, 0.15) is 0 Å². The number of anilines is 2. The van der Waals surface area contributed by atoms with Crippen molar-refractivity contribution >= 4 is 28.3 Å². The number of nitrogens with zero attached hydrogens (tertiary/aromatic N) is 4. The van der Waals surface area contributed by atoms with Crippen LogP contribution < -0.4 is 10.2 Å². The lowest BCUT2D eigenvalue weighted by molar-refractivity contribution is -0.120. The van der Waals surface area contributed by atoms with Gasteiger partial charge in [0, 0.05) is 43.8 Å². The summed E-state index contributed by atoms with van der Waals surface area (Å²) in [6.07, 6.45) is 2.84. The summed E-state index contributed by atoms with van der Waals surface area (Å²) >= 11 is 1.66. The molecule has 1 aliphatic heterocycles. The molecule has 3 heterocycles. The van der Waals surface area contributed by atoms with Crippen LogP contribution in [0.3, 0.4) is 0 Å². The highest BCUT2D eigenvalue weighted by atomic mass is 32.1. The van der Waals surface area contributed by atoms with Crippen molar-refractivity contribution in [1.29, 1.82) is 0 Å². The number of nitrogens with one attached hydrogen (secondary N) is 1. The minimum Gasteiger partial charge on any atom is -0.347 e. The van der Waals surface area contributed by atoms with Crippen LogP contribution in [0.4, 0.5) is 11.0 Å². The van der Waals surface area contributed by atoms with Crippen molar-refractivity contribution < 1.29 is 9.32 Å². The Bertz CT molecular complexity index is 642. The molecule has 1 aliphatic rings. The van der Waals surface area contributed by atoms with Crippen LogP contribution in [-0.4, -0.2) is 53.2 Å². The first-order chi connectivity index (χ1) is 11.1. The smallest absolute Gasteiger partial charge is 0.243 e. The molecule has 0 unspecified atom stereocenters. The fourth-order valence-corrected chi connectivity index (χ4v) is 3.40. The molecule has 1 fully saturated rings. The lowest BCUT2D eigenvalue weighted by atomic mass is 10.2. The number of aromatic nitrogens is 2. The summed E-state index contributed by atoms with van der Waals surface area (Å²) in [6, 6.07) is 1.51. The maximum atomic E-state index is 12.4. The molecule has 124 valence electrons. The number of amides is 1. The molecule has 0 spiro atoms. The second kappa shape index (κ2) is 7.10. The fraction of sp³-hybridized carbons (Fsp3) is 0.533. The predicted octanol–water partition coefficient (Wildman–Crippen LogP) is 1.98. The van der Waals surface area contributed by atoms with E-state index in [1.54, 1.807) is 17.4 Å². The minimum atomic E-state index is -0.211. The number of rotatable bonds is 4. The number of thiazole rings is 1. The summed E-state index contributed by atoms with van der Waals surface area (Å²) in [7, 11) is 0. The van der Waals surface area contributed by atoms with E-state index in [1.807, 2.05) is 25.4 Å².